The molecule has 0 spiro atoms. The molecule has 2 aromatic rings. The van der Waals surface area contributed by atoms with E-state index in [1.54, 1.807) is 56.7 Å². The van der Waals surface area contributed by atoms with Gasteiger partial charge in [-0.25, -0.2) is 0 Å². The topological polar surface area (TPSA) is 55.8 Å². The van der Waals surface area contributed by atoms with Gasteiger partial charge < -0.3 is 14.6 Å². The molecule has 0 amide bonds. The van der Waals surface area contributed by atoms with Crippen molar-refractivity contribution >= 4 is 5.78 Å². The predicted molar refractivity (Wildman–Crippen MR) is 80.2 cm³/mol. The first-order chi connectivity index (χ1) is 10.1. The maximum Gasteiger partial charge on any atom is 0.161 e. The van der Waals surface area contributed by atoms with Crippen LogP contribution in [0, 0.1) is 0 Å². The molecule has 0 fully saturated rings. The molecule has 0 saturated carbocycles. The molecule has 0 heterocycles. The summed E-state index contributed by atoms with van der Waals surface area (Å²) in [6, 6.07) is 12.2. The van der Waals surface area contributed by atoms with E-state index in [0.29, 0.717) is 17.1 Å². The van der Waals surface area contributed by atoms with Gasteiger partial charge in [0.2, 0.25) is 0 Å². The Balaban J connectivity index is 2.54. The second kappa shape index (κ2) is 6.31. The van der Waals surface area contributed by atoms with Crippen molar-refractivity contribution in [1.82, 2.24) is 0 Å². The average molecular weight is 286 g/mol. The molecular formula is C17H18O4. The molecule has 0 aromatic heterocycles. The van der Waals surface area contributed by atoms with Gasteiger partial charge in [0.05, 0.1) is 20.1 Å². The summed E-state index contributed by atoms with van der Waals surface area (Å²) in [7, 11) is 3.10. The van der Waals surface area contributed by atoms with Gasteiger partial charge >= 0.3 is 0 Å². The van der Waals surface area contributed by atoms with E-state index in [2.05, 4.69) is 0 Å². The normalized spacial score (nSPS) is 11.8. The molecule has 2 rings (SSSR count). The van der Waals surface area contributed by atoms with Gasteiger partial charge in [-0.15, -0.1) is 0 Å². The molecule has 0 saturated heterocycles. The number of aromatic hydroxyl groups is 1. The van der Waals surface area contributed by atoms with Crippen molar-refractivity contribution in [3.8, 4) is 17.2 Å². The molecule has 0 aliphatic carbocycles. The first-order valence-corrected chi connectivity index (χ1v) is 6.58. The largest absolute Gasteiger partial charge is 0.508 e. The zero-order valence-electron chi connectivity index (χ0n) is 12.3. The van der Waals surface area contributed by atoms with Crippen molar-refractivity contribution in [2.45, 2.75) is 12.8 Å². The zero-order chi connectivity index (χ0) is 15.4. The summed E-state index contributed by atoms with van der Waals surface area (Å²) in [5.74, 6) is 0.666. The zero-order valence-corrected chi connectivity index (χ0v) is 12.3. The van der Waals surface area contributed by atoms with Gasteiger partial charge in [-0.1, -0.05) is 24.3 Å². The maximum atomic E-state index is 12.1. The van der Waals surface area contributed by atoms with Crippen molar-refractivity contribution < 1.29 is 19.4 Å². The highest BCUT2D eigenvalue weighted by molar-refractivity contribution is 5.87. The molecule has 0 bridgehead atoms. The molecule has 0 aliphatic heterocycles. The van der Waals surface area contributed by atoms with Crippen LogP contribution in [0.5, 0.6) is 17.2 Å². The van der Waals surface area contributed by atoms with Gasteiger partial charge in [0, 0.05) is 5.56 Å². The van der Waals surface area contributed by atoms with Gasteiger partial charge in [0.15, 0.2) is 11.5 Å². The fourth-order valence-corrected chi connectivity index (χ4v) is 2.40. The van der Waals surface area contributed by atoms with Crippen molar-refractivity contribution in [2.24, 2.45) is 0 Å². The van der Waals surface area contributed by atoms with Crippen LogP contribution in [0.3, 0.4) is 0 Å². The highest BCUT2D eigenvalue weighted by Crippen LogP contribution is 2.36. The summed E-state index contributed by atoms with van der Waals surface area (Å²) < 4.78 is 10.5. The van der Waals surface area contributed by atoms with Crippen LogP contribution in [0.25, 0.3) is 0 Å². The second-order valence-electron chi connectivity index (χ2n) is 4.72. The Labute approximate surface area is 123 Å². The van der Waals surface area contributed by atoms with Gasteiger partial charge in [-0.3, -0.25) is 4.79 Å². The lowest BCUT2D eigenvalue weighted by molar-refractivity contribution is -0.117. The van der Waals surface area contributed by atoms with Crippen LogP contribution in [-0.4, -0.2) is 25.1 Å². The van der Waals surface area contributed by atoms with Crippen LogP contribution in [0.15, 0.2) is 42.5 Å². The number of carbonyl (C=O) groups excluding carboxylic acids is 1. The first kappa shape index (κ1) is 14.9. The fourth-order valence-electron chi connectivity index (χ4n) is 2.40. The Hall–Kier alpha value is -2.49. The van der Waals surface area contributed by atoms with Crippen molar-refractivity contribution in [2.75, 3.05) is 14.2 Å². The van der Waals surface area contributed by atoms with Gasteiger partial charge in [0.1, 0.15) is 11.5 Å². The molecule has 0 aliphatic rings. The highest BCUT2D eigenvalue weighted by atomic mass is 16.5. The number of hydrogen-bond donors (Lipinski definition) is 1. The number of ether oxygens (including phenoxy) is 2. The second-order valence-corrected chi connectivity index (χ2v) is 4.72. The summed E-state index contributed by atoms with van der Waals surface area (Å²) in [4.78, 5) is 12.1. The lowest BCUT2D eigenvalue weighted by Gasteiger charge is -2.18. The molecule has 4 nitrogen and oxygen atoms in total. The number of hydrogen-bond acceptors (Lipinski definition) is 4. The number of rotatable bonds is 5. The van der Waals surface area contributed by atoms with E-state index < -0.39 is 5.92 Å². The predicted octanol–water partition coefficient (Wildman–Crippen LogP) is 3.13. The molecular weight excluding hydrogens is 268 g/mol. The molecule has 1 unspecified atom stereocenters. The highest BCUT2D eigenvalue weighted by Gasteiger charge is 2.23. The van der Waals surface area contributed by atoms with E-state index >= 15 is 0 Å². The van der Waals surface area contributed by atoms with Crippen LogP contribution in [0.1, 0.15) is 24.0 Å². The van der Waals surface area contributed by atoms with Crippen molar-refractivity contribution in [3.63, 3.8) is 0 Å². The maximum absolute atomic E-state index is 12.1. The molecule has 0 radical (unpaired) electrons. The van der Waals surface area contributed by atoms with Crippen molar-refractivity contribution in [3.05, 3.63) is 53.6 Å². The third-order valence-electron chi connectivity index (χ3n) is 3.40. The SMILES string of the molecule is COc1ccc(C(C(C)=O)c2ccccc2O)cc1OC. The molecule has 21 heavy (non-hydrogen) atoms. The van der Waals surface area contributed by atoms with Crippen LogP contribution in [-0.2, 0) is 4.79 Å². The van der Waals surface area contributed by atoms with E-state index in [-0.39, 0.29) is 11.5 Å². The van der Waals surface area contributed by atoms with Gasteiger partial charge in [-0.05, 0) is 30.7 Å². The molecule has 110 valence electrons. The van der Waals surface area contributed by atoms with Crippen molar-refractivity contribution in [1.29, 1.82) is 0 Å². The minimum Gasteiger partial charge on any atom is -0.508 e. The summed E-state index contributed by atoms with van der Waals surface area (Å²) in [5.41, 5.74) is 1.33. The minimum absolute atomic E-state index is 0.0521. The Morgan fingerprint density at radius 1 is 1.05 bits per heavy atom. The van der Waals surface area contributed by atoms with E-state index in [0.717, 1.165) is 5.56 Å². The number of phenols is 1. The number of benzene rings is 2. The van der Waals surface area contributed by atoms with Crippen LogP contribution < -0.4 is 9.47 Å². The smallest absolute Gasteiger partial charge is 0.161 e. The van der Waals surface area contributed by atoms with E-state index in [1.165, 1.54) is 6.92 Å². The van der Waals surface area contributed by atoms with Gasteiger partial charge in [0.25, 0.3) is 0 Å². The number of ketones is 1. The fraction of sp³-hybridized carbons (Fsp3) is 0.235. The Morgan fingerprint density at radius 2 is 1.71 bits per heavy atom. The summed E-state index contributed by atoms with van der Waals surface area (Å²) >= 11 is 0. The molecule has 4 heteroatoms. The standard InChI is InChI=1S/C17H18O4/c1-11(18)17(13-6-4-5-7-14(13)19)12-8-9-15(20-2)16(10-12)21-3/h4-10,17,19H,1-3H3. The third kappa shape index (κ3) is 2.99. The van der Waals surface area contributed by atoms with Crippen LogP contribution >= 0.6 is 0 Å². The minimum atomic E-state index is -0.536. The molecule has 1 N–H and O–H groups in total. The Morgan fingerprint density at radius 3 is 2.29 bits per heavy atom. The number of methoxy groups -OCH3 is 2. The number of phenolic OH excluding ortho intramolecular Hbond substituents is 1. The Bertz CT molecular complexity index is 649. The molecule has 2 aromatic carbocycles. The van der Waals surface area contributed by atoms with Crippen LogP contribution in [0.2, 0.25) is 0 Å². The molecule has 1 atom stereocenters. The van der Waals surface area contributed by atoms with Crippen LogP contribution in [0.4, 0.5) is 0 Å². The van der Waals surface area contributed by atoms with Gasteiger partial charge in [-0.2, -0.15) is 0 Å². The number of para-hydroxylation sites is 1. The first-order valence-electron chi connectivity index (χ1n) is 6.58. The third-order valence-corrected chi connectivity index (χ3v) is 3.40. The van der Waals surface area contributed by atoms with E-state index in [9.17, 15) is 9.90 Å². The Kier molecular flexibility index (Phi) is 4.48. The summed E-state index contributed by atoms with van der Waals surface area (Å²) in [6.07, 6.45) is 0. The van der Waals surface area contributed by atoms with E-state index in [1.807, 2.05) is 0 Å². The summed E-state index contributed by atoms with van der Waals surface area (Å²) in [6.45, 7) is 1.51. The average Bonchev–Trinajstić information content (AvgIpc) is 2.49. The van der Waals surface area contributed by atoms with E-state index in [4.69, 9.17) is 9.47 Å². The number of carbonyl (C=O) groups is 1. The number of Topliss-reactive ketones (excluding diaryl/α,β-unsaturated/α-hetero) is 1. The lowest BCUT2D eigenvalue weighted by Crippen LogP contribution is -2.11. The monoisotopic (exact) mass is 286 g/mol. The summed E-state index contributed by atoms with van der Waals surface area (Å²) in [5, 5.41) is 10.0. The lowest BCUT2D eigenvalue weighted by atomic mass is 9.87. The quantitative estimate of drug-likeness (QED) is 0.917.